The first-order valence-electron chi connectivity index (χ1n) is 13.8. The van der Waals surface area contributed by atoms with Crippen LogP contribution in [-0.4, -0.2) is 4.70 Å². The second kappa shape index (κ2) is 16.0. The molecule has 0 N–H and O–H groups in total. The molecular weight excluding hydrogens is 519 g/mol. The van der Waals surface area contributed by atoms with Crippen molar-refractivity contribution < 1.29 is 25.1 Å². The molecule has 3 rings (SSSR count). The monoisotopic (exact) mass is 562 g/mol. The van der Waals surface area contributed by atoms with Gasteiger partial charge in [-0.15, -0.1) is 0 Å². The van der Waals surface area contributed by atoms with Crippen molar-refractivity contribution in [1.82, 2.24) is 0 Å². The van der Waals surface area contributed by atoms with Gasteiger partial charge < -0.3 is 5.53 Å². The molecule has 0 saturated heterocycles. The van der Waals surface area contributed by atoms with Gasteiger partial charge in [0.1, 0.15) is 0 Å². The van der Waals surface area contributed by atoms with Crippen molar-refractivity contribution in [2.24, 2.45) is 0 Å². The van der Waals surface area contributed by atoms with Gasteiger partial charge in [0.05, 0.1) is 0 Å². The summed E-state index contributed by atoms with van der Waals surface area (Å²) in [5, 5.41) is 0. The minimum atomic E-state index is 0. The van der Waals surface area contributed by atoms with E-state index in [1.165, 1.54) is 79.2 Å². The summed E-state index contributed by atoms with van der Waals surface area (Å²) in [5.41, 5.74) is 19.4. The van der Waals surface area contributed by atoms with E-state index in [2.05, 4.69) is 75.4 Å². The fourth-order valence-corrected chi connectivity index (χ4v) is 4.83. The average Bonchev–Trinajstić information content (AvgIpc) is 3.19. The van der Waals surface area contributed by atoms with E-state index in [9.17, 15) is 5.53 Å². The van der Waals surface area contributed by atoms with Crippen LogP contribution in [0.15, 0.2) is 60.2 Å². The third-order valence-corrected chi connectivity index (χ3v) is 6.97. The Morgan fingerprint density at radius 3 is 1.54 bits per heavy atom. The quantitative estimate of drug-likeness (QED) is 0.117. The van der Waals surface area contributed by atoms with Gasteiger partial charge in [0.15, 0.2) is 0 Å². The summed E-state index contributed by atoms with van der Waals surface area (Å²) >= 11 is 0. The number of rotatable bonds is 15. The van der Waals surface area contributed by atoms with Crippen molar-refractivity contribution >= 4 is 11.4 Å². The van der Waals surface area contributed by atoms with E-state index in [1.54, 1.807) is 0 Å². The Morgan fingerprint density at radius 1 is 0.571 bits per heavy atom. The van der Waals surface area contributed by atoms with Crippen molar-refractivity contribution in [2.75, 3.05) is 0 Å². The largest absolute Gasteiger partial charge is 0.493 e. The topological polar surface area (TPSA) is 25.3 Å². The number of benzene rings is 2. The Kier molecular flexibility index (Phi) is 13.5. The molecule has 0 amide bonds. The molecule has 0 saturated carbocycles. The van der Waals surface area contributed by atoms with Gasteiger partial charge in [-0.25, -0.2) is 4.70 Å². The number of unbranched alkanes of at least 4 members (excludes halogenated alkanes) is 7. The Balaban J connectivity index is 0.00000432. The first kappa shape index (κ1) is 29.4. The zero-order valence-electron chi connectivity index (χ0n) is 22.1. The van der Waals surface area contributed by atoms with Gasteiger partial charge in [0.2, 0.25) is 11.4 Å². The Bertz CT molecular complexity index is 968. The molecule has 1 aliphatic heterocycles. The summed E-state index contributed by atoms with van der Waals surface area (Å²) in [7, 11) is 0. The minimum absolute atomic E-state index is 0. The van der Waals surface area contributed by atoms with Crippen LogP contribution in [-0.2, 0) is 33.3 Å². The summed E-state index contributed by atoms with van der Waals surface area (Å²) in [6.07, 6.45) is 17.9. The number of allylic oxidation sites excluding steroid dienone is 2. The molecule has 0 aromatic heterocycles. The van der Waals surface area contributed by atoms with Crippen LogP contribution in [0.3, 0.4) is 0 Å². The molecule has 3 heteroatoms. The summed E-state index contributed by atoms with van der Waals surface area (Å²) in [6, 6.07) is 17.7. The zero-order valence-corrected chi connectivity index (χ0v) is 23.7. The molecule has 0 aliphatic carbocycles. The normalized spacial score (nSPS) is 13.2. The third kappa shape index (κ3) is 8.66. The molecule has 0 spiro atoms. The van der Waals surface area contributed by atoms with Crippen molar-refractivity contribution in [3.63, 3.8) is 0 Å². The second-order valence-corrected chi connectivity index (χ2v) is 9.83. The first-order valence-corrected chi connectivity index (χ1v) is 13.8. The van der Waals surface area contributed by atoms with Crippen LogP contribution in [0.4, 0.5) is 0 Å². The number of hydrogen-bond donors (Lipinski definition) is 0. The molecule has 2 nitrogen and oxygen atoms in total. The van der Waals surface area contributed by atoms with Crippen molar-refractivity contribution in [2.45, 2.75) is 104 Å². The Labute approximate surface area is 228 Å². The van der Waals surface area contributed by atoms with Crippen molar-refractivity contribution in [1.29, 1.82) is 0 Å². The van der Waals surface area contributed by atoms with Crippen LogP contribution in [0.5, 0.6) is 0 Å². The number of aryl methyl sites for hydroxylation is 2. The molecule has 0 atom stereocenters. The van der Waals surface area contributed by atoms with Crippen LogP contribution in [0.1, 0.15) is 114 Å². The zero-order chi connectivity index (χ0) is 24.2. The molecule has 0 fully saturated rings. The summed E-state index contributed by atoms with van der Waals surface area (Å²) < 4.78 is 1.44. The number of hydrogen-bond acceptors (Lipinski definition) is 0. The van der Waals surface area contributed by atoms with E-state index in [0.717, 1.165) is 48.2 Å². The van der Waals surface area contributed by atoms with E-state index in [1.807, 2.05) is 0 Å². The van der Waals surface area contributed by atoms with E-state index < -0.39 is 0 Å². The Hall–Kier alpha value is -1.82. The van der Waals surface area contributed by atoms with E-state index in [-0.39, 0.29) is 20.4 Å². The van der Waals surface area contributed by atoms with Gasteiger partial charge in [-0.2, -0.15) is 0 Å². The van der Waals surface area contributed by atoms with Crippen LogP contribution < -0.4 is 0 Å². The predicted molar refractivity (Wildman–Crippen MR) is 147 cm³/mol. The van der Waals surface area contributed by atoms with Gasteiger partial charge in [-0.1, -0.05) is 90.0 Å². The molecule has 35 heavy (non-hydrogen) atoms. The SMILES string of the molecule is CCCCCCC1=C(c2ccc(CCCCC)cc2)[N+](=[N-])C(c2ccc(CCCCC)cc2)=C1.[Pd]. The smallest absolute Gasteiger partial charge is 0.210 e. The van der Waals surface area contributed by atoms with Crippen LogP contribution >= 0.6 is 0 Å². The van der Waals surface area contributed by atoms with E-state index in [4.69, 9.17) is 0 Å². The van der Waals surface area contributed by atoms with Crippen LogP contribution in [0.2, 0.25) is 0 Å². The Morgan fingerprint density at radius 2 is 1.03 bits per heavy atom. The maximum Gasteiger partial charge on any atom is 0.210 e. The van der Waals surface area contributed by atoms with Gasteiger partial charge >= 0.3 is 0 Å². The molecular formula is C32H44N2Pd. The van der Waals surface area contributed by atoms with Crippen molar-refractivity contribution in [3.05, 3.63) is 88.0 Å². The molecule has 0 unspecified atom stereocenters. The standard InChI is InChI=1S/C32H44N2.Pd/c1-4-7-10-13-16-30-25-31(28-21-17-26(18-22-28)14-11-8-5-2)34(33)32(30)29-23-19-27(20-24-29)15-12-9-6-3;/h17-25H,4-16H2,1-3H3;. The second-order valence-electron chi connectivity index (χ2n) is 9.83. The molecule has 1 heterocycles. The fraction of sp³-hybridized carbons (Fsp3) is 0.500. The third-order valence-electron chi connectivity index (χ3n) is 6.97. The maximum atomic E-state index is 11.3. The van der Waals surface area contributed by atoms with Gasteiger partial charge in [-0.3, -0.25) is 0 Å². The van der Waals surface area contributed by atoms with Gasteiger partial charge in [0, 0.05) is 43.2 Å². The minimum Gasteiger partial charge on any atom is -0.493 e. The first-order chi connectivity index (χ1) is 16.7. The molecule has 0 radical (unpaired) electrons. The number of nitrogens with zero attached hydrogens (tertiary/aromatic N) is 2. The van der Waals surface area contributed by atoms with Crippen LogP contribution in [0, 0.1) is 0 Å². The van der Waals surface area contributed by atoms with Gasteiger partial charge in [-0.05, 0) is 73.9 Å². The average molecular weight is 563 g/mol. The van der Waals surface area contributed by atoms with Crippen LogP contribution in [0.25, 0.3) is 16.9 Å². The van der Waals surface area contributed by atoms with Gasteiger partial charge in [0.25, 0.3) is 0 Å². The summed E-state index contributed by atoms with van der Waals surface area (Å²) in [5.74, 6) is 0. The summed E-state index contributed by atoms with van der Waals surface area (Å²) in [6.45, 7) is 6.75. The fourth-order valence-electron chi connectivity index (χ4n) is 4.83. The molecule has 2 aromatic carbocycles. The molecule has 0 bridgehead atoms. The van der Waals surface area contributed by atoms with E-state index >= 15 is 0 Å². The molecule has 2 aromatic rings. The molecule has 192 valence electrons. The predicted octanol–water partition coefficient (Wildman–Crippen LogP) is 9.92. The van der Waals surface area contributed by atoms with E-state index in [0.29, 0.717) is 0 Å². The summed E-state index contributed by atoms with van der Waals surface area (Å²) in [4.78, 5) is 0. The van der Waals surface area contributed by atoms with Crippen molar-refractivity contribution in [3.8, 4) is 0 Å². The molecule has 1 aliphatic rings. The maximum absolute atomic E-state index is 11.3.